The number of nitrogen functional groups attached to an aromatic ring is 1. The molecule has 0 unspecified atom stereocenters. The number of anilines is 1. The van der Waals surface area contributed by atoms with Gasteiger partial charge in [0, 0.05) is 21.3 Å². The molecular weight excluding hydrogens is 254 g/mol. The molecule has 1 aromatic carbocycles. The second-order valence-corrected chi connectivity index (χ2v) is 4.15. The van der Waals surface area contributed by atoms with E-state index in [2.05, 4.69) is 33.1 Å². The normalized spacial score (nSPS) is 10.5. The second-order valence-electron chi connectivity index (χ2n) is 3.30. The lowest BCUT2D eigenvalue weighted by molar-refractivity contribution is 0.978. The third-order valence-electron chi connectivity index (χ3n) is 2.37. The van der Waals surface area contributed by atoms with Gasteiger partial charge in [0.15, 0.2) is 5.82 Å². The topological polar surface area (TPSA) is 54.7 Å². The zero-order valence-electron chi connectivity index (χ0n) is 8.42. The first-order valence-corrected chi connectivity index (χ1v) is 5.61. The van der Waals surface area contributed by atoms with Gasteiger partial charge in [0.2, 0.25) is 0 Å². The lowest BCUT2D eigenvalue weighted by Gasteiger charge is -2.04. The smallest absolute Gasteiger partial charge is 0.153 e. The van der Waals surface area contributed by atoms with E-state index in [9.17, 15) is 0 Å². The second kappa shape index (κ2) is 4.06. The van der Waals surface area contributed by atoms with Crippen LogP contribution < -0.4 is 5.73 Å². The van der Waals surface area contributed by atoms with Gasteiger partial charge in [0.1, 0.15) is 0 Å². The Morgan fingerprint density at radius 2 is 2.13 bits per heavy atom. The molecule has 2 aromatic rings. The fourth-order valence-corrected chi connectivity index (χ4v) is 2.10. The molecule has 15 heavy (non-hydrogen) atoms. The van der Waals surface area contributed by atoms with Gasteiger partial charge in [-0.3, -0.25) is 5.10 Å². The van der Waals surface area contributed by atoms with Gasteiger partial charge in [-0.2, -0.15) is 5.10 Å². The van der Waals surface area contributed by atoms with Crippen molar-refractivity contribution in [1.82, 2.24) is 10.2 Å². The maximum atomic E-state index is 5.85. The highest BCUT2D eigenvalue weighted by Crippen LogP contribution is 2.33. The quantitative estimate of drug-likeness (QED) is 0.877. The van der Waals surface area contributed by atoms with Crippen LogP contribution in [0.2, 0.25) is 0 Å². The molecule has 78 valence electrons. The Hall–Kier alpha value is -1.29. The molecule has 0 bridgehead atoms. The minimum Gasteiger partial charge on any atom is -0.382 e. The van der Waals surface area contributed by atoms with Crippen molar-refractivity contribution in [3.8, 4) is 11.1 Å². The van der Waals surface area contributed by atoms with Crippen LogP contribution in [0.15, 0.2) is 28.7 Å². The lowest BCUT2D eigenvalue weighted by Crippen LogP contribution is -1.90. The van der Waals surface area contributed by atoms with Crippen molar-refractivity contribution in [1.29, 1.82) is 0 Å². The Bertz CT molecular complexity index is 476. The summed E-state index contributed by atoms with van der Waals surface area (Å²) in [7, 11) is 0. The molecule has 1 aromatic heterocycles. The minimum absolute atomic E-state index is 0.554. The number of hydrogen-bond donors (Lipinski definition) is 2. The molecule has 0 aliphatic rings. The molecular formula is C11H12BrN3. The highest BCUT2D eigenvalue weighted by atomic mass is 79.9. The summed E-state index contributed by atoms with van der Waals surface area (Å²) in [6.45, 7) is 2.08. The molecule has 0 saturated carbocycles. The summed E-state index contributed by atoms with van der Waals surface area (Å²) >= 11 is 3.52. The number of nitrogens with two attached hydrogens (primary N) is 1. The fraction of sp³-hybridized carbons (Fsp3) is 0.182. The van der Waals surface area contributed by atoms with Crippen molar-refractivity contribution in [2.75, 3.05) is 5.73 Å². The van der Waals surface area contributed by atoms with Crippen molar-refractivity contribution in [2.24, 2.45) is 0 Å². The van der Waals surface area contributed by atoms with Gasteiger partial charge in [0.05, 0.1) is 0 Å². The van der Waals surface area contributed by atoms with Crippen LogP contribution in [0.1, 0.15) is 12.6 Å². The molecule has 0 spiro atoms. The molecule has 1 heterocycles. The summed E-state index contributed by atoms with van der Waals surface area (Å²) in [5.74, 6) is 0.554. The summed E-state index contributed by atoms with van der Waals surface area (Å²) in [6.07, 6.45) is 0.890. The number of rotatable bonds is 2. The number of halogens is 1. The first kappa shape index (κ1) is 10.2. The van der Waals surface area contributed by atoms with Crippen molar-refractivity contribution in [3.63, 3.8) is 0 Å². The lowest BCUT2D eigenvalue weighted by atomic mass is 10.0. The van der Waals surface area contributed by atoms with E-state index in [-0.39, 0.29) is 0 Å². The number of hydrogen-bond acceptors (Lipinski definition) is 2. The molecule has 2 rings (SSSR count). The maximum Gasteiger partial charge on any atom is 0.153 e. The Morgan fingerprint density at radius 1 is 1.40 bits per heavy atom. The van der Waals surface area contributed by atoms with Crippen LogP contribution in [0.25, 0.3) is 11.1 Å². The zero-order valence-corrected chi connectivity index (χ0v) is 10.0. The molecule has 0 aliphatic carbocycles. The standard InChI is InChI=1S/C11H12BrN3/c1-2-9-10(11(13)15-14-9)7-5-3-4-6-8(7)12/h3-6H,2H2,1H3,(H3,13,14,15). The predicted molar refractivity (Wildman–Crippen MR) is 65.5 cm³/mol. The van der Waals surface area contributed by atoms with Crippen LogP contribution in [0, 0.1) is 0 Å². The Balaban J connectivity index is 2.63. The van der Waals surface area contributed by atoms with Gasteiger partial charge < -0.3 is 5.73 Å². The van der Waals surface area contributed by atoms with Crippen molar-refractivity contribution in [2.45, 2.75) is 13.3 Å². The number of nitrogens with zero attached hydrogens (tertiary/aromatic N) is 1. The van der Waals surface area contributed by atoms with E-state index in [1.807, 2.05) is 24.3 Å². The number of aromatic amines is 1. The molecule has 0 aliphatic heterocycles. The fourth-order valence-electron chi connectivity index (χ4n) is 1.61. The Kier molecular flexibility index (Phi) is 2.77. The van der Waals surface area contributed by atoms with Crippen LogP contribution in [0.3, 0.4) is 0 Å². The summed E-state index contributed by atoms with van der Waals surface area (Å²) in [4.78, 5) is 0. The maximum absolute atomic E-state index is 5.85. The van der Waals surface area contributed by atoms with Crippen LogP contribution in [-0.4, -0.2) is 10.2 Å². The van der Waals surface area contributed by atoms with Gasteiger partial charge in [-0.05, 0) is 12.5 Å². The van der Waals surface area contributed by atoms with Gasteiger partial charge in [-0.15, -0.1) is 0 Å². The summed E-state index contributed by atoms with van der Waals surface area (Å²) in [6, 6.07) is 8.01. The molecule has 0 radical (unpaired) electrons. The molecule has 0 fully saturated rings. The molecule has 3 N–H and O–H groups in total. The van der Waals surface area contributed by atoms with Crippen LogP contribution in [0.5, 0.6) is 0 Å². The van der Waals surface area contributed by atoms with Gasteiger partial charge in [0.25, 0.3) is 0 Å². The minimum atomic E-state index is 0.554. The first-order valence-electron chi connectivity index (χ1n) is 4.81. The van der Waals surface area contributed by atoms with Gasteiger partial charge in [-0.1, -0.05) is 41.1 Å². The first-order chi connectivity index (χ1) is 7.24. The number of aromatic nitrogens is 2. The molecule has 0 amide bonds. The third kappa shape index (κ3) is 1.77. The van der Waals surface area contributed by atoms with E-state index >= 15 is 0 Å². The van der Waals surface area contributed by atoms with Crippen molar-refractivity contribution >= 4 is 21.7 Å². The van der Waals surface area contributed by atoms with Gasteiger partial charge in [-0.25, -0.2) is 0 Å². The number of aryl methyl sites for hydroxylation is 1. The molecule has 3 nitrogen and oxygen atoms in total. The predicted octanol–water partition coefficient (Wildman–Crippen LogP) is 2.98. The highest BCUT2D eigenvalue weighted by Gasteiger charge is 2.13. The summed E-state index contributed by atoms with van der Waals surface area (Å²) in [5, 5.41) is 6.99. The zero-order chi connectivity index (χ0) is 10.8. The average molecular weight is 266 g/mol. The molecule has 0 atom stereocenters. The van der Waals surface area contributed by atoms with Crippen LogP contribution in [-0.2, 0) is 6.42 Å². The van der Waals surface area contributed by atoms with E-state index in [1.165, 1.54) is 0 Å². The average Bonchev–Trinajstić information content (AvgIpc) is 2.60. The largest absolute Gasteiger partial charge is 0.382 e. The number of H-pyrrole nitrogens is 1. The summed E-state index contributed by atoms with van der Waals surface area (Å²) in [5.41, 5.74) is 9.01. The number of nitrogens with one attached hydrogen (secondary N) is 1. The van der Waals surface area contributed by atoms with E-state index in [0.717, 1.165) is 27.7 Å². The van der Waals surface area contributed by atoms with Gasteiger partial charge >= 0.3 is 0 Å². The van der Waals surface area contributed by atoms with E-state index in [4.69, 9.17) is 5.73 Å². The SMILES string of the molecule is CCc1[nH]nc(N)c1-c1ccccc1Br. The van der Waals surface area contributed by atoms with Crippen molar-refractivity contribution < 1.29 is 0 Å². The van der Waals surface area contributed by atoms with E-state index < -0.39 is 0 Å². The highest BCUT2D eigenvalue weighted by molar-refractivity contribution is 9.10. The van der Waals surface area contributed by atoms with Crippen LogP contribution in [0.4, 0.5) is 5.82 Å². The Morgan fingerprint density at radius 3 is 2.80 bits per heavy atom. The molecule has 0 saturated heterocycles. The monoisotopic (exact) mass is 265 g/mol. The van der Waals surface area contributed by atoms with Crippen LogP contribution >= 0.6 is 15.9 Å². The third-order valence-corrected chi connectivity index (χ3v) is 3.06. The van der Waals surface area contributed by atoms with E-state index in [0.29, 0.717) is 5.82 Å². The number of benzene rings is 1. The Labute approximate surface area is 96.8 Å². The van der Waals surface area contributed by atoms with Crippen molar-refractivity contribution in [3.05, 3.63) is 34.4 Å². The van der Waals surface area contributed by atoms with E-state index in [1.54, 1.807) is 0 Å². The summed E-state index contributed by atoms with van der Waals surface area (Å²) < 4.78 is 1.04. The molecule has 4 heteroatoms.